The lowest BCUT2D eigenvalue weighted by atomic mass is 10.0. The summed E-state index contributed by atoms with van der Waals surface area (Å²) in [6.07, 6.45) is 8.70. The van der Waals surface area contributed by atoms with Crippen molar-refractivity contribution in [1.29, 1.82) is 0 Å². The Hall–Kier alpha value is -1.97. The quantitative estimate of drug-likeness (QED) is 0.758. The second-order valence-electron chi connectivity index (χ2n) is 4.16. The number of ketones is 1. The van der Waals surface area contributed by atoms with Crippen molar-refractivity contribution >= 4 is 5.78 Å². The van der Waals surface area contributed by atoms with Gasteiger partial charge in [0.2, 0.25) is 5.78 Å². The molecule has 0 aliphatic heterocycles. The van der Waals surface area contributed by atoms with Crippen LogP contribution in [0.25, 0.3) is 0 Å². The summed E-state index contributed by atoms with van der Waals surface area (Å²) in [5.41, 5.74) is 1.67. The third-order valence-corrected chi connectivity index (χ3v) is 2.91. The van der Waals surface area contributed by atoms with E-state index >= 15 is 0 Å². The molecule has 0 aromatic carbocycles. The highest BCUT2D eigenvalue weighted by Gasteiger charge is 2.17. The molecule has 0 spiro atoms. The summed E-state index contributed by atoms with van der Waals surface area (Å²) in [5, 5.41) is 0. The van der Waals surface area contributed by atoms with Crippen molar-refractivity contribution in [2.75, 3.05) is 0 Å². The number of pyridine rings is 1. The highest BCUT2D eigenvalue weighted by Crippen LogP contribution is 2.13. The Morgan fingerprint density at radius 3 is 2.89 bits per heavy atom. The molecule has 0 N–H and O–H groups in total. The number of imidazole rings is 1. The second-order valence-corrected chi connectivity index (χ2v) is 4.16. The molecule has 18 heavy (non-hydrogen) atoms. The van der Waals surface area contributed by atoms with Crippen LogP contribution in [0, 0.1) is 0 Å². The van der Waals surface area contributed by atoms with Gasteiger partial charge in [-0.1, -0.05) is 13.8 Å². The maximum Gasteiger partial charge on any atom is 0.228 e. The summed E-state index contributed by atoms with van der Waals surface area (Å²) < 4.78 is 1.90. The zero-order valence-corrected chi connectivity index (χ0v) is 10.8. The molecule has 2 aromatic rings. The summed E-state index contributed by atoms with van der Waals surface area (Å²) in [7, 11) is 0. The molecule has 0 amide bonds. The van der Waals surface area contributed by atoms with Crippen LogP contribution in [0.3, 0.4) is 0 Å². The van der Waals surface area contributed by atoms with Crippen molar-refractivity contribution in [1.82, 2.24) is 14.5 Å². The van der Waals surface area contributed by atoms with Gasteiger partial charge in [-0.3, -0.25) is 9.78 Å². The fourth-order valence-corrected chi connectivity index (χ4v) is 1.99. The van der Waals surface area contributed by atoms with Gasteiger partial charge in [-0.2, -0.15) is 0 Å². The zero-order chi connectivity index (χ0) is 13.0. The molecule has 0 bridgehead atoms. The van der Waals surface area contributed by atoms with Crippen LogP contribution in [-0.4, -0.2) is 20.3 Å². The third-order valence-electron chi connectivity index (χ3n) is 2.91. The third kappa shape index (κ3) is 2.32. The number of carbonyl (C=O) groups excluding carboxylic acids is 1. The molecule has 0 saturated carbocycles. The molecule has 0 fully saturated rings. The van der Waals surface area contributed by atoms with Crippen molar-refractivity contribution in [2.24, 2.45) is 0 Å². The smallest absolute Gasteiger partial charge is 0.228 e. The SMILES string of the molecule is CCCn1ccnc1C(=O)c1ccncc1CC. The predicted octanol–water partition coefficient (Wildman–Crippen LogP) is 2.48. The van der Waals surface area contributed by atoms with E-state index in [0.29, 0.717) is 11.4 Å². The summed E-state index contributed by atoms with van der Waals surface area (Å²) in [6.45, 7) is 4.91. The molecule has 0 aliphatic rings. The van der Waals surface area contributed by atoms with Crippen LogP contribution in [0.15, 0.2) is 30.9 Å². The Morgan fingerprint density at radius 2 is 2.17 bits per heavy atom. The van der Waals surface area contributed by atoms with Crippen LogP contribution in [0.5, 0.6) is 0 Å². The summed E-state index contributed by atoms with van der Waals surface area (Å²) in [5.74, 6) is 0.491. The van der Waals surface area contributed by atoms with Crippen LogP contribution in [0.4, 0.5) is 0 Å². The van der Waals surface area contributed by atoms with Gasteiger partial charge in [-0.25, -0.2) is 4.98 Å². The van der Waals surface area contributed by atoms with E-state index in [2.05, 4.69) is 16.9 Å². The van der Waals surface area contributed by atoms with Gasteiger partial charge in [0.1, 0.15) is 0 Å². The number of rotatable bonds is 5. The fourth-order valence-electron chi connectivity index (χ4n) is 1.99. The normalized spacial score (nSPS) is 10.6. The van der Waals surface area contributed by atoms with Crippen molar-refractivity contribution in [3.05, 3.63) is 47.8 Å². The molecule has 4 nitrogen and oxygen atoms in total. The first kappa shape index (κ1) is 12.5. The lowest BCUT2D eigenvalue weighted by Gasteiger charge is -2.08. The van der Waals surface area contributed by atoms with Crippen molar-refractivity contribution in [2.45, 2.75) is 33.2 Å². The molecule has 2 heterocycles. The van der Waals surface area contributed by atoms with Crippen molar-refractivity contribution in [3.63, 3.8) is 0 Å². The minimum Gasteiger partial charge on any atom is -0.328 e. The van der Waals surface area contributed by atoms with Crippen LogP contribution >= 0.6 is 0 Å². The van der Waals surface area contributed by atoms with Gasteiger partial charge >= 0.3 is 0 Å². The van der Waals surface area contributed by atoms with Gasteiger partial charge < -0.3 is 4.57 Å². The molecule has 0 radical (unpaired) electrons. The number of aromatic nitrogens is 3. The maximum atomic E-state index is 12.5. The monoisotopic (exact) mass is 243 g/mol. The largest absolute Gasteiger partial charge is 0.328 e. The summed E-state index contributed by atoms with van der Waals surface area (Å²) >= 11 is 0. The van der Waals surface area contributed by atoms with Crippen LogP contribution in [0.2, 0.25) is 0 Å². The minimum atomic E-state index is -0.0206. The minimum absolute atomic E-state index is 0.0206. The van der Waals surface area contributed by atoms with E-state index in [-0.39, 0.29) is 5.78 Å². The van der Waals surface area contributed by atoms with Gasteiger partial charge in [-0.05, 0) is 24.5 Å². The van der Waals surface area contributed by atoms with Crippen LogP contribution in [-0.2, 0) is 13.0 Å². The van der Waals surface area contributed by atoms with E-state index in [4.69, 9.17) is 0 Å². The van der Waals surface area contributed by atoms with Gasteiger partial charge in [0.25, 0.3) is 0 Å². The zero-order valence-electron chi connectivity index (χ0n) is 10.8. The highest BCUT2D eigenvalue weighted by molar-refractivity contribution is 6.07. The number of aryl methyl sites for hydroxylation is 2. The molecule has 2 aromatic heterocycles. The lowest BCUT2D eigenvalue weighted by Crippen LogP contribution is -2.13. The van der Waals surface area contributed by atoms with E-state index in [1.165, 1.54) is 0 Å². The molecular formula is C14H17N3O. The Kier molecular flexibility index (Phi) is 3.87. The molecular weight excluding hydrogens is 226 g/mol. The van der Waals surface area contributed by atoms with Crippen molar-refractivity contribution < 1.29 is 4.79 Å². The molecule has 0 unspecified atom stereocenters. The van der Waals surface area contributed by atoms with Crippen LogP contribution in [0.1, 0.15) is 42.0 Å². The number of hydrogen-bond acceptors (Lipinski definition) is 3. The first-order valence-electron chi connectivity index (χ1n) is 6.26. The Morgan fingerprint density at radius 1 is 1.33 bits per heavy atom. The number of carbonyl (C=O) groups is 1. The van der Waals surface area contributed by atoms with Gasteiger partial charge in [0.15, 0.2) is 5.82 Å². The van der Waals surface area contributed by atoms with Gasteiger partial charge in [-0.15, -0.1) is 0 Å². The Balaban J connectivity index is 2.38. The van der Waals surface area contributed by atoms with E-state index in [9.17, 15) is 4.79 Å². The second kappa shape index (κ2) is 5.58. The lowest BCUT2D eigenvalue weighted by molar-refractivity contribution is 0.102. The van der Waals surface area contributed by atoms with Crippen LogP contribution < -0.4 is 0 Å². The van der Waals surface area contributed by atoms with Gasteiger partial charge in [0, 0.05) is 36.9 Å². The summed E-state index contributed by atoms with van der Waals surface area (Å²) in [6, 6.07) is 1.77. The number of nitrogens with zero attached hydrogens (tertiary/aromatic N) is 3. The van der Waals surface area contributed by atoms with E-state index in [0.717, 1.165) is 24.9 Å². The molecule has 0 atom stereocenters. The van der Waals surface area contributed by atoms with Gasteiger partial charge in [0.05, 0.1) is 0 Å². The number of hydrogen-bond donors (Lipinski definition) is 0. The van der Waals surface area contributed by atoms with E-state index in [1.807, 2.05) is 17.7 Å². The average Bonchev–Trinajstić information content (AvgIpc) is 2.86. The topological polar surface area (TPSA) is 47.8 Å². The molecule has 4 heteroatoms. The molecule has 0 aliphatic carbocycles. The standard InChI is InChI=1S/C14H17N3O/c1-3-8-17-9-7-16-14(17)13(18)12-5-6-15-10-11(12)4-2/h5-7,9-10H,3-4,8H2,1-2H3. The average molecular weight is 243 g/mol. The molecule has 94 valence electrons. The Bertz CT molecular complexity index is 545. The Labute approximate surface area is 107 Å². The first-order valence-corrected chi connectivity index (χ1v) is 6.26. The van der Waals surface area contributed by atoms with Crippen molar-refractivity contribution in [3.8, 4) is 0 Å². The van der Waals surface area contributed by atoms with E-state index < -0.39 is 0 Å². The van der Waals surface area contributed by atoms with E-state index in [1.54, 1.807) is 24.7 Å². The molecule has 2 rings (SSSR count). The summed E-state index contributed by atoms with van der Waals surface area (Å²) in [4.78, 5) is 20.7. The fraction of sp³-hybridized carbons (Fsp3) is 0.357. The molecule has 0 saturated heterocycles. The maximum absolute atomic E-state index is 12.5. The first-order chi connectivity index (χ1) is 8.77. The predicted molar refractivity (Wildman–Crippen MR) is 69.6 cm³/mol. The highest BCUT2D eigenvalue weighted by atomic mass is 16.1.